The molecule has 0 aromatic heterocycles. The highest BCUT2D eigenvalue weighted by Gasteiger charge is 2.48. The predicted molar refractivity (Wildman–Crippen MR) is 82.0 cm³/mol. The smallest absolute Gasteiger partial charge is 0.161 e. The van der Waals surface area contributed by atoms with E-state index in [1.807, 2.05) is 12.1 Å². The monoisotopic (exact) mass is 292 g/mol. The van der Waals surface area contributed by atoms with Gasteiger partial charge in [0, 0.05) is 11.5 Å². The van der Waals surface area contributed by atoms with E-state index >= 15 is 0 Å². The molecule has 1 aromatic rings. The molecule has 0 bridgehead atoms. The van der Waals surface area contributed by atoms with Crippen LogP contribution in [0.15, 0.2) is 30.4 Å². The summed E-state index contributed by atoms with van der Waals surface area (Å²) in [4.78, 5) is 2.25. The van der Waals surface area contributed by atoms with Crippen LogP contribution in [0.5, 0.6) is 11.5 Å². The summed E-state index contributed by atoms with van der Waals surface area (Å²) in [6.45, 7) is 0.920. The van der Waals surface area contributed by atoms with Crippen LogP contribution in [0.1, 0.15) is 22.5 Å². The van der Waals surface area contributed by atoms with Crippen LogP contribution in [-0.2, 0) is 5.41 Å². The first-order chi connectivity index (χ1) is 11.2. The third kappa shape index (κ3) is 2.23. The number of aliphatic hydroxyl groups excluding tert-OH is 1. The Bertz CT molecular complexity index is 646. The predicted octanol–water partition coefficient (Wildman–Crippen LogP) is 1.97. The molecule has 1 aliphatic heterocycles. The SMILES string of the molecule is [2H]C([2H])([2H])Oc1cc([C@@]23C=C[C@H](O)C[C@@H]2N(C)CC3)ccc1OC. The molecule has 3 rings (SSSR count). The van der Waals surface area contributed by atoms with Gasteiger partial charge < -0.3 is 19.5 Å². The van der Waals surface area contributed by atoms with Crippen molar-refractivity contribution in [2.24, 2.45) is 0 Å². The number of hydrogen-bond acceptors (Lipinski definition) is 4. The van der Waals surface area contributed by atoms with E-state index in [4.69, 9.17) is 13.6 Å². The average molecular weight is 292 g/mol. The van der Waals surface area contributed by atoms with E-state index in [1.165, 1.54) is 7.11 Å². The number of nitrogens with zero attached hydrogens (tertiary/aromatic N) is 1. The van der Waals surface area contributed by atoms with E-state index in [1.54, 1.807) is 12.1 Å². The van der Waals surface area contributed by atoms with Crippen LogP contribution < -0.4 is 9.47 Å². The maximum absolute atomic E-state index is 9.99. The number of hydrogen-bond donors (Lipinski definition) is 1. The molecule has 1 aromatic carbocycles. The van der Waals surface area contributed by atoms with Gasteiger partial charge in [0.25, 0.3) is 0 Å². The topological polar surface area (TPSA) is 41.9 Å². The second kappa shape index (κ2) is 5.35. The molecular formula is C17H23NO3. The number of methoxy groups -OCH3 is 2. The molecule has 21 heavy (non-hydrogen) atoms. The summed E-state index contributed by atoms with van der Waals surface area (Å²) < 4.78 is 32.5. The molecule has 0 radical (unpaired) electrons. The van der Waals surface area contributed by atoms with Crippen LogP contribution >= 0.6 is 0 Å². The summed E-state index contributed by atoms with van der Waals surface area (Å²) >= 11 is 0. The molecule has 0 spiro atoms. The fourth-order valence-electron chi connectivity index (χ4n) is 3.73. The zero-order valence-electron chi connectivity index (χ0n) is 15.4. The fourth-order valence-corrected chi connectivity index (χ4v) is 3.73. The van der Waals surface area contributed by atoms with E-state index in [2.05, 4.69) is 18.0 Å². The Labute approximate surface area is 130 Å². The van der Waals surface area contributed by atoms with Gasteiger partial charge in [0.2, 0.25) is 0 Å². The summed E-state index contributed by atoms with van der Waals surface area (Å²) in [5.74, 6) is 0.617. The van der Waals surface area contributed by atoms with E-state index in [9.17, 15) is 5.11 Å². The summed E-state index contributed by atoms with van der Waals surface area (Å²) in [5.41, 5.74) is 0.743. The van der Waals surface area contributed by atoms with E-state index in [0.29, 0.717) is 12.2 Å². The Morgan fingerprint density at radius 2 is 2.24 bits per heavy atom. The highest BCUT2D eigenvalue weighted by Crippen LogP contribution is 2.46. The molecule has 1 aliphatic carbocycles. The third-order valence-corrected chi connectivity index (χ3v) is 4.90. The maximum Gasteiger partial charge on any atom is 0.161 e. The van der Waals surface area contributed by atoms with Gasteiger partial charge in [0.05, 0.1) is 24.4 Å². The number of aliphatic hydroxyl groups is 1. The molecule has 1 saturated heterocycles. The van der Waals surface area contributed by atoms with Crippen LogP contribution in [0.3, 0.4) is 0 Å². The van der Waals surface area contributed by atoms with Gasteiger partial charge >= 0.3 is 0 Å². The van der Waals surface area contributed by atoms with Crippen LogP contribution in [0.4, 0.5) is 0 Å². The minimum Gasteiger partial charge on any atom is -0.493 e. The van der Waals surface area contributed by atoms with Gasteiger partial charge in [-0.25, -0.2) is 0 Å². The summed E-state index contributed by atoms with van der Waals surface area (Å²) in [6.07, 6.45) is 5.03. The molecule has 4 nitrogen and oxygen atoms in total. The Balaban J connectivity index is 2.05. The van der Waals surface area contributed by atoms with Gasteiger partial charge in [-0.1, -0.05) is 18.2 Å². The Morgan fingerprint density at radius 1 is 1.38 bits per heavy atom. The maximum atomic E-state index is 9.99. The largest absolute Gasteiger partial charge is 0.493 e. The van der Waals surface area contributed by atoms with Crippen molar-refractivity contribution in [1.82, 2.24) is 4.90 Å². The summed E-state index contributed by atoms with van der Waals surface area (Å²) in [5, 5.41) is 9.99. The molecular weight excluding hydrogens is 266 g/mol. The lowest BCUT2D eigenvalue weighted by atomic mass is 9.69. The van der Waals surface area contributed by atoms with Gasteiger partial charge in [-0.2, -0.15) is 0 Å². The van der Waals surface area contributed by atoms with Gasteiger partial charge in [0.1, 0.15) is 0 Å². The van der Waals surface area contributed by atoms with Crippen LogP contribution in [0.2, 0.25) is 0 Å². The lowest BCUT2D eigenvalue weighted by Crippen LogP contribution is -2.44. The zero-order chi connectivity index (χ0) is 17.5. The molecule has 0 amide bonds. The van der Waals surface area contributed by atoms with Crippen LogP contribution in [0.25, 0.3) is 0 Å². The Kier molecular flexibility index (Phi) is 2.83. The lowest BCUT2D eigenvalue weighted by Gasteiger charge is -2.39. The van der Waals surface area contributed by atoms with Crippen molar-refractivity contribution >= 4 is 0 Å². The highest BCUT2D eigenvalue weighted by molar-refractivity contribution is 5.48. The van der Waals surface area contributed by atoms with Crippen molar-refractivity contribution in [1.29, 1.82) is 0 Å². The molecule has 1 fully saturated rings. The first kappa shape index (κ1) is 11.1. The van der Waals surface area contributed by atoms with Gasteiger partial charge in [0.15, 0.2) is 11.5 Å². The molecule has 1 N–H and O–H groups in total. The molecule has 1 heterocycles. The molecule has 2 aliphatic rings. The van der Waals surface area contributed by atoms with Crippen LogP contribution in [0, 0.1) is 0 Å². The molecule has 0 saturated carbocycles. The summed E-state index contributed by atoms with van der Waals surface area (Å²) in [6, 6.07) is 5.64. The summed E-state index contributed by atoms with van der Waals surface area (Å²) in [7, 11) is 1.01. The molecule has 4 heteroatoms. The zero-order valence-corrected chi connectivity index (χ0v) is 12.4. The fraction of sp³-hybridized carbons (Fsp3) is 0.529. The third-order valence-electron chi connectivity index (χ3n) is 4.90. The first-order valence-electron chi connectivity index (χ1n) is 8.70. The molecule has 0 unspecified atom stereocenters. The van der Waals surface area contributed by atoms with E-state index in [0.717, 1.165) is 18.5 Å². The normalized spacial score (nSPS) is 34.7. The van der Waals surface area contributed by atoms with Crippen molar-refractivity contribution in [3.63, 3.8) is 0 Å². The number of likely N-dealkylation sites (tertiary alicyclic amines) is 1. The van der Waals surface area contributed by atoms with Crippen LogP contribution in [-0.4, -0.2) is 49.9 Å². The van der Waals surface area contributed by atoms with Crippen molar-refractivity contribution in [2.45, 2.75) is 30.4 Å². The Hall–Kier alpha value is -1.52. The van der Waals surface area contributed by atoms with Crippen molar-refractivity contribution in [3.8, 4) is 11.5 Å². The second-order valence-electron chi connectivity index (χ2n) is 5.92. The molecule has 3 atom stereocenters. The van der Waals surface area contributed by atoms with Crippen molar-refractivity contribution < 1.29 is 18.7 Å². The number of fused-ring (bicyclic) bond motifs is 1. The first-order valence-corrected chi connectivity index (χ1v) is 7.20. The van der Waals surface area contributed by atoms with Crippen molar-refractivity contribution in [2.75, 3.05) is 27.7 Å². The van der Waals surface area contributed by atoms with Crippen molar-refractivity contribution in [3.05, 3.63) is 35.9 Å². The Morgan fingerprint density at radius 3 is 3.00 bits per heavy atom. The number of ether oxygens (including phenoxy) is 2. The second-order valence-corrected chi connectivity index (χ2v) is 5.92. The number of rotatable bonds is 3. The average Bonchev–Trinajstić information content (AvgIpc) is 2.84. The van der Waals surface area contributed by atoms with Gasteiger partial charge in [-0.3, -0.25) is 0 Å². The minimum absolute atomic E-state index is 0.173. The van der Waals surface area contributed by atoms with Gasteiger partial charge in [-0.05, 0) is 44.1 Å². The van der Waals surface area contributed by atoms with E-state index < -0.39 is 13.1 Å². The quantitative estimate of drug-likeness (QED) is 0.865. The lowest BCUT2D eigenvalue weighted by molar-refractivity contribution is 0.137. The minimum atomic E-state index is -2.53. The highest BCUT2D eigenvalue weighted by atomic mass is 16.5. The number of benzene rings is 1. The van der Waals surface area contributed by atoms with Gasteiger partial charge in [-0.15, -0.1) is 0 Å². The standard InChI is InChI=1S/C17H23NO3/c1-18-9-8-17(7-6-13(19)11-16(17)18)12-4-5-14(20-2)15(10-12)21-3/h4-7,10,13,16,19H,8-9,11H2,1-3H3/t13-,16-,17-/m0/s1/i3D3. The van der Waals surface area contributed by atoms with E-state index in [-0.39, 0.29) is 17.2 Å². The number of likely N-dealkylation sites (N-methyl/N-ethyl adjacent to an activating group) is 1. The molecule has 114 valence electrons.